The fourth-order valence-corrected chi connectivity index (χ4v) is 7.43. The number of carbonyl (C=O) groups is 3. The van der Waals surface area contributed by atoms with Crippen LogP contribution in [-0.2, 0) is 50.6 Å². The quantitative estimate of drug-likeness (QED) is 0.109. The lowest BCUT2D eigenvalue weighted by atomic mass is 9.97. The number of nitrogens with zero attached hydrogens (tertiary/aromatic N) is 3. The van der Waals surface area contributed by atoms with E-state index in [-0.39, 0.29) is 44.3 Å². The second kappa shape index (κ2) is 16.6. The normalized spacial score (nSPS) is 20.1. The number of aliphatic hydroxyl groups is 1. The molecular weight excluding hydrogens is 693 g/mol. The summed E-state index contributed by atoms with van der Waals surface area (Å²) in [5.41, 5.74) is 6.08. The number of hydrogen-bond donors (Lipinski definition) is 2. The molecule has 272 valence electrons. The predicted molar refractivity (Wildman–Crippen MR) is 198 cm³/mol. The number of alkyl carbamates (subject to hydrolysis) is 1. The molecule has 2 fully saturated rings. The smallest absolute Gasteiger partial charge is 0.408 e. The minimum Gasteiger partial charge on any atom is -0.445 e. The number of imide groups is 1. The molecule has 53 heavy (non-hydrogen) atoms. The highest BCUT2D eigenvalue weighted by Gasteiger charge is 2.40. The number of thioether (sulfide) groups is 1. The minimum atomic E-state index is -0.991. The fraction of sp³-hybridized carbons (Fsp3) is 0.268. The molecule has 4 atom stereocenters. The van der Waals surface area contributed by atoms with Crippen LogP contribution in [0.4, 0.5) is 4.79 Å². The highest BCUT2D eigenvalue weighted by molar-refractivity contribution is 7.99. The monoisotopic (exact) mass is 732 g/mol. The van der Waals surface area contributed by atoms with Gasteiger partial charge in [0.25, 0.3) is 5.91 Å². The largest absolute Gasteiger partial charge is 0.445 e. The van der Waals surface area contributed by atoms with Crippen molar-refractivity contribution < 1.29 is 33.7 Å². The van der Waals surface area contributed by atoms with Gasteiger partial charge in [0, 0.05) is 37.2 Å². The Morgan fingerprint density at radius 2 is 1.66 bits per heavy atom. The van der Waals surface area contributed by atoms with Gasteiger partial charge in [-0.3, -0.25) is 14.5 Å². The van der Waals surface area contributed by atoms with Crippen LogP contribution in [0.2, 0.25) is 0 Å². The zero-order valence-electron chi connectivity index (χ0n) is 29.2. The highest BCUT2D eigenvalue weighted by atomic mass is 32.2. The molecule has 3 heterocycles. The number of hydrogen-bond acceptors (Lipinski definition) is 9. The van der Waals surface area contributed by atoms with Crippen molar-refractivity contribution in [3.05, 3.63) is 143 Å². The Bertz CT molecular complexity index is 2040. The summed E-state index contributed by atoms with van der Waals surface area (Å²) in [6.45, 7) is 0.0971. The second-order valence-corrected chi connectivity index (χ2v) is 14.0. The number of nitrogens with one attached hydrogen (secondary N) is 1. The first-order valence-corrected chi connectivity index (χ1v) is 18.4. The van der Waals surface area contributed by atoms with E-state index in [1.165, 1.54) is 4.90 Å². The number of aryl methyl sites for hydroxylation is 1. The number of imidazole rings is 1. The van der Waals surface area contributed by atoms with Gasteiger partial charge >= 0.3 is 6.09 Å². The number of ether oxygens (including phenoxy) is 3. The maximum absolute atomic E-state index is 13.3. The number of benzene rings is 4. The third kappa shape index (κ3) is 8.69. The molecule has 2 saturated heterocycles. The third-order valence-corrected chi connectivity index (χ3v) is 10.6. The molecule has 2 N–H and O–H groups in total. The van der Waals surface area contributed by atoms with Gasteiger partial charge in [0.05, 0.1) is 31.8 Å². The molecule has 3 amide bonds. The molecule has 11 nitrogen and oxygen atoms in total. The van der Waals surface area contributed by atoms with Gasteiger partial charge in [0.2, 0.25) is 5.91 Å². The van der Waals surface area contributed by atoms with Gasteiger partial charge in [0.1, 0.15) is 12.6 Å². The van der Waals surface area contributed by atoms with Gasteiger partial charge in [-0.1, -0.05) is 115 Å². The molecule has 12 heteroatoms. The van der Waals surface area contributed by atoms with Gasteiger partial charge in [-0.05, 0) is 33.4 Å². The highest BCUT2D eigenvalue weighted by Crippen LogP contribution is 2.40. The zero-order valence-corrected chi connectivity index (χ0v) is 30.0. The topological polar surface area (TPSA) is 132 Å². The summed E-state index contributed by atoms with van der Waals surface area (Å²) in [6, 6.07) is 31.6. The number of aromatic nitrogens is 2. The number of amides is 3. The summed E-state index contributed by atoms with van der Waals surface area (Å²) in [4.78, 5) is 44.4. The lowest BCUT2D eigenvalue weighted by Crippen LogP contribution is -2.41. The third-order valence-electron chi connectivity index (χ3n) is 9.38. The first kappa shape index (κ1) is 36.1. The van der Waals surface area contributed by atoms with Crippen molar-refractivity contribution in [2.45, 2.75) is 62.3 Å². The Kier molecular flexibility index (Phi) is 11.3. The minimum absolute atomic E-state index is 0.0235. The molecule has 2 aliphatic rings. The van der Waals surface area contributed by atoms with E-state index in [0.717, 1.165) is 44.1 Å². The Morgan fingerprint density at radius 1 is 0.925 bits per heavy atom. The summed E-state index contributed by atoms with van der Waals surface area (Å²) in [5.74, 6) is -0.142. The van der Waals surface area contributed by atoms with Crippen molar-refractivity contribution >= 4 is 29.7 Å². The van der Waals surface area contributed by atoms with Gasteiger partial charge in [-0.15, -0.1) is 0 Å². The van der Waals surface area contributed by atoms with Crippen molar-refractivity contribution in [1.82, 2.24) is 19.8 Å². The molecule has 7 rings (SSSR count). The molecule has 1 unspecified atom stereocenters. The first-order chi connectivity index (χ1) is 25.8. The van der Waals surface area contributed by atoms with Crippen LogP contribution in [0.15, 0.2) is 121 Å². The molecule has 0 saturated carbocycles. The van der Waals surface area contributed by atoms with Crippen LogP contribution in [0.25, 0.3) is 11.1 Å². The maximum atomic E-state index is 13.3. The number of carbonyl (C=O) groups excluding carboxylic acids is 3. The van der Waals surface area contributed by atoms with E-state index in [2.05, 4.69) is 10.3 Å². The van der Waals surface area contributed by atoms with Crippen LogP contribution in [0.3, 0.4) is 0 Å². The zero-order chi connectivity index (χ0) is 36.7. The summed E-state index contributed by atoms with van der Waals surface area (Å²) >= 11 is 1.64. The molecule has 4 aromatic carbocycles. The van der Waals surface area contributed by atoms with Crippen LogP contribution in [0.1, 0.15) is 53.1 Å². The van der Waals surface area contributed by atoms with Crippen molar-refractivity contribution in [2.24, 2.45) is 7.05 Å². The standard InChI is InChI=1S/C41H40N4O7S/c1-44-20-19-42-40(44)53-26-33-21-36(30-13-11-27(24-46)12-14-30)52-39(51-33)31-17-15-29(16-18-31)34-10-6-5-9-32(34)23-45-37(47)22-35(38(45)48)43-41(49)50-25-28-7-3-2-4-8-28/h2-20,33,35-36,39,46H,21-26H2,1H3,(H,43,49)/t33-,35?,36+,39+/m1/s1. The Labute approximate surface area is 311 Å². The summed E-state index contributed by atoms with van der Waals surface area (Å²) in [5, 5.41) is 13.0. The molecule has 0 radical (unpaired) electrons. The van der Waals surface area contributed by atoms with Crippen LogP contribution < -0.4 is 5.32 Å². The molecule has 0 aliphatic carbocycles. The second-order valence-electron chi connectivity index (χ2n) is 13.0. The van der Waals surface area contributed by atoms with Gasteiger partial charge in [-0.25, -0.2) is 9.78 Å². The van der Waals surface area contributed by atoms with Crippen LogP contribution in [-0.4, -0.2) is 55.4 Å². The summed E-state index contributed by atoms with van der Waals surface area (Å²) < 4.78 is 20.3. The Balaban J connectivity index is 1.03. The number of rotatable bonds is 12. The molecule has 0 spiro atoms. The molecular formula is C41H40N4O7S. The molecule has 0 bridgehead atoms. The van der Waals surface area contributed by atoms with E-state index >= 15 is 0 Å². The van der Waals surface area contributed by atoms with E-state index in [0.29, 0.717) is 12.2 Å². The van der Waals surface area contributed by atoms with E-state index < -0.39 is 24.3 Å². The van der Waals surface area contributed by atoms with Crippen molar-refractivity contribution in [2.75, 3.05) is 5.75 Å². The Morgan fingerprint density at radius 3 is 2.40 bits per heavy atom. The predicted octanol–water partition coefficient (Wildman–Crippen LogP) is 6.47. The van der Waals surface area contributed by atoms with Crippen LogP contribution in [0.5, 0.6) is 0 Å². The van der Waals surface area contributed by atoms with Crippen LogP contribution >= 0.6 is 11.8 Å². The van der Waals surface area contributed by atoms with Crippen molar-refractivity contribution in [3.63, 3.8) is 0 Å². The van der Waals surface area contributed by atoms with E-state index in [1.807, 2.05) is 121 Å². The lowest BCUT2D eigenvalue weighted by molar-refractivity contribution is -0.245. The SMILES string of the molecule is Cn1ccnc1SC[C@H]1C[C@@H](c2ccc(CO)cc2)O[C@@H](c2ccc(-c3ccccc3CN3C(=O)CC(NC(=O)OCc4ccccc4)C3=O)cc2)O1. The molecule has 2 aliphatic heterocycles. The van der Waals surface area contributed by atoms with E-state index in [9.17, 15) is 19.5 Å². The maximum Gasteiger partial charge on any atom is 0.408 e. The van der Waals surface area contributed by atoms with Crippen molar-refractivity contribution in [3.8, 4) is 11.1 Å². The van der Waals surface area contributed by atoms with Crippen LogP contribution in [0, 0.1) is 0 Å². The average Bonchev–Trinajstić information content (AvgIpc) is 3.73. The Hall–Kier alpha value is -5.27. The van der Waals surface area contributed by atoms with Crippen molar-refractivity contribution in [1.29, 1.82) is 0 Å². The van der Waals surface area contributed by atoms with E-state index in [4.69, 9.17) is 14.2 Å². The number of likely N-dealkylation sites (tertiary alicyclic amines) is 1. The molecule has 5 aromatic rings. The van der Waals surface area contributed by atoms with Gasteiger partial charge in [0.15, 0.2) is 11.4 Å². The first-order valence-electron chi connectivity index (χ1n) is 17.4. The summed E-state index contributed by atoms with van der Waals surface area (Å²) in [6.07, 6.45) is 2.53. The van der Waals surface area contributed by atoms with E-state index in [1.54, 1.807) is 18.0 Å². The van der Waals surface area contributed by atoms with Gasteiger partial charge < -0.3 is 29.2 Å². The van der Waals surface area contributed by atoms with Gasteiger partial charge in [-0.2, -0.15) is 0 Å². The number of aliphatic hydroxyl groups excluding tert-OH is 1. The lowest BCUT2D eigenvalue weighted by Gasteiger charge is -2.36. The molecule has 1 aromatic heterocycles. The average molecular weight is 733 g/mol. The summed E-state index contributed by atoms with van der Waals surface area (Å²) in [7, 11) is 1.97. The fourth-order valence-electron chi connectivity index (χ4n) is 6.48.